The predicted octanol–water partition coefficient (Wildman–Crippen LogP) is 1.58. The van der Waals surface area contributed by atoms with E-state index in [0.717, 1.165) is 11.4 Å². The minimum Gasteiger partial charge on any atom is -0.481 e. The number of carboxylic acid groups (broad SMARTS) is 1. The Bertz CT molecular complexity index is 463. The van der Waals surface area contributed by atoms with Crippen LogP contribution in [0.3, 0.4) is 0 Å². The summed E-state index contributed by atoms with van der Waals surface area (Å²) >= 11 is 1.57. The average molecular weight is 297 g/mol. The Morgan fingerprint density at radius 3 is 3.00 bits per heavy atom. The molecule has 0 saturated carbocycles. The quantitative estimate of drug-likeness (QED) is 0.884. The van der Waals surface area contributed by atoms with Crippen molar-refractivity contribution in [3.05, 3.63) is 16.6 Å². The number of carbonyl (C=O) groups excluding carboxylic acids is 1. The van der Waals surface area contributed by atoms with Crippen LogP contribution in [0.1, 0.15) is 24.8 Å². The van der Waals surface area contributed by atoms with E-state index in [0.29, 0.717) is 25.9 Å². The summed E-state index contributed by atoms with van der Waals surface area (Å²) in [5.74, 6) is -1.09. The van der Waals surface area contributed by atoms with Gasteiger partial charge in [-0.15, -0.1) is 11.3 Å². The monoisotopic (exact) mass is 297 g/mol. The molecule has 0 radical (unpaired) electrons. The van der Waals surface area contributed by atoms with Crippen molar-refractivity contribution < 1.29 is 14.7 Å². The van der Waals surface area contributed by atoms with E-state index >= 15 is 0 Å². The van der Waals surface area contributed by atoms with Crippen LogP contribution in [0.4, 0.5) is 4.79 Å². The maximum Gasteiger partial charge on any atom is 0.317 e. The lowest BCUT2D eigenvalue weighted by molar-refractivity contribution is -0.143. The van der Waals surface area contributed by atoms with Crippen LogP contribution < -0.4 is 5.32 Å². The van der Waals surface area contributed by atoms with Gasteiger partial charge in [0, 0.05) is 37.1 Å². The fourth-order valence-corrected chi connectivity index (χ4v) is 3.07. The molecule has 0 spiro atoms. The van der Waals surface area contributed by atoms with Crippen molar-refractivity contribution in [3.8, 4) is 0 Å². The average Bonchev–Trinajstić information content (AvgIpc) is 2.91. The van der Waals surface area contributed by atoms with Crippen LogP contribution in [-0.4, -0.2) is 46.1 Å². The number of hydrogen-bond donors (Lipinski definition) is 2. The van der Waals surface area contributed by atoms with Gasteiger partial charge < -0.3 is 15.3 Å². The first-order chi connectivity index (χ1) is 9.58. The van der Waals surface area contributed by atoms with Gasteiger partial charge in [-0.3, -0.25) is 4.79 Å². The largest absolute Gasteiger partial charge is 0.481 e. The van der Waals surface area contributed by atoms with Crippen LogP contribution in [0.5, 0.6) is 0 Å². The summed E-state index contributed by atoms with van der Waals surface area (Å²) in [5, 5.41) is 14.8. The normalized spacial score (nSPS) is 22.6. The highest BCUT2D eigenvalue weighted by atomic mass is 32.1. The number of rotatable bonds is 4. The second-order valence-corrected chi connectivity index (χ2v) is 5.99. The summed E-state index contributed by atoms with van der Waals surface area (Å²) in [6.45, 7) is 2.95. The van der Waals surface area contributed by atoms with E-state index < -0.39 is 5.97 Å². The molecule has 2 unspecified atom stereocenters. The molecular formula is C13H19N3O3S. The Hall–Kier alpha value is -1.63. The molecule has 6 nitrogen and oxygen atoms in total. The van der Waals surface area contributed by atoms with Crippen molar-refractivity contribution in [2.24, 2.45) is 5.92 Å². The number of hydrogen-bond acceptors (Lipinski definition) is 4. The van der Waals surface area contributed by atoms with Gasteiger partial charge in [0.05, 0.1) is 10.9 Å². The lowest BCUT2D eigenvalue weighted by atomic mass is 9.92. The van der Waals surface area contributed by atoms with Gasteiger partial charge >= 0.3 is 12.0 Å². The summed E-state index contributed by atoms with van der Waals surface area (Å²) in [6.07, 6.45) is 3.53. The van der Waals surface area contributed by atoms with Crippen molar-refractivity contribution in [1.82, 2.24) is 15.2 Å². The van der Waals surface area contributed by atoms with E-state index in [1.165, 1.54) is 0 Å². The van der Waals surface area contributed by atoms with E-state index in [1.54, 1.807) is 22.4 Å². The molecule has 1 aliphatic rings. The number of amides is 2. The maximum atomic E-state index is 12.1. The van der Waals surface area contributed by atoms with Crippen LogP contribution >= 0.6 is 11.3 Å². The number of nitrogens with one attached hydrogen (secondary N) is 1. The van der Waals surface area contributed by atoms with E-state index in [9.17, 15) is 9.59 Å². The third-order valence-corrected chi connectivity index (χ3v) is 4.42. The lowest BCUT2D eigenvalue weighted by Crippen LogP contribution is -2.50. The van der Waals surface area contributed by atoms with Crippen molar-refractivity contribution in [3.63, 3.8) is 0 Å². The molecule has 2 N–H and O–H groups in total. The Balaban J connectivity index is 1.76. The van der Waals surface area contributed by atoms with Crippen LogP contribution in [0.2, 0.25) is 0 Å². The summed E-state index contributed by atoms with van der Waals surface area (Å²) in [6, 6.07) is -0.150. The molecular weight excluding hydrogens is 278 g/mol. The van der Waals surface area contributed by atoms with Gasteiger partial charge in [-0.2, -0.15) is 0 Å². The van der Waals surface area contributed by atoms with Gasteiger partial charge in [0.1, 0.15) is 0 Å². The first-order valence-corrected chi connectivity index (χ1v) is 7.61. The number of aromatic nitrogens is 1. The van der Waals surface area contributed by atoms with Crippen LogP contribution in [0.25, 0.3) is 0 Å². The number of likely N-dealkylation sites (tertiary alicyclic amines) is 1. The molecule has 1 fully saturated rings. The minimum absolute atomic E-state index is 0.0373. The van der Waals surface area contributed by atoms with E-state index in [-0.39, 0.29) is 18.0 Å². The number of piperidine rings is 1. The Kier molecular flexibility index (Phi) is 4.94. The fourth-order valence-electron chi connectivity index (χ4n) is 2.45. The molecule has 2 heterocycles. The van der Waals surface area contributed by atoms with Crippen LogP contribution in [0.15, 0.2) is 11.6 Å². The van der Waals surface area contributed by atoms with Crippen LogP contribution in [-0.2, 0) is 11.2 Å². The van der Waals surface area contributed by atoms with E-state index in [4.69, 9.17) is 5.11 Å². The number of aliphatic carboxylic acids is 1. The molecule has 2 atom stereocenters. The third-order valence-electron chi connectivity index (χ3n) is 3.58. The summed E-state index contributed by atoms with van der Waals surface area (Å²) in [4.78, 5) is 28.9. The molecule has 0 bridgehead atoms. The summed E-state index contributed by atoms with van der Waals surface area (Å²) in [5.41, 5.74) is 0. The Labute approximate surface area is 121 Å². The second kappa shape index (κ2) is 6.69. The molecule has 110 valence electrons. The van der Waals surface area contributed by atoms with Gasteiger partial charge in [-0.05, 0) is 19.8 Å². The lowest BCUT2D eigenvalue weighted by Gasteiger charge is -2.36. The number of urea groups is 1. The highest BCUT2D eigenvalue weighted by Crippen LogP contribution is 2.22. The molecule has 20 heavy (non-hydrogen) atoms. The van der Waals surface area contributed by atoms with Crippen molar-refractivity contribution in [2.75, 3.05) is 13.1 Å². The van der Waals surface area contributed by atoms with Crippen molar-refractivity contribution in [1.29, 1.82) is 0 Å². The zero-order valence-corrected chi connectivity index (χ0v) is 12.2. The number of carbonyl (C=O) groups is 2. The smallest absolute Gasteiger partial charge is 0.317 e. The second-order valence-electron chi connectivity index (χ2n) is 5.01. The molecule has 1 aromatic rings. The number of carboxylic acids is 1. The molecule has 2 amide bonds. The first kappa shape index (κ1) is 14.8. The molecule has 0 aliphatic carbocycles. The SMILES string of the molecule is CC1CC(C(=O)O)CCN1C(=O)NCCc1nccs1. The van der Waals surface area contributed by atoms with Gasteiger partial charge in [0.2, 0.25) is 0 Å². The van der Waals surface area contributed by atoms with Crippen molar-refractivity contribution >= 4 is 23.3 Å². The number of nitrogens with zero attached hydrogens (tertiary/aromatic N) is 2. The van der Waals surface area contributed by atoms with E-state index in [2.05, 4.69) is 10.3 Å². The first-order valence-electron chi connectivity index (χ1n) is 6.73. The van der Waals surface area contributed by atoms with Crippen LogP contribution in [0, 0.1) is 5.92 Å². The standard InChI is InChI=1S/C13H19N3O3S/c1-9-8-10(12(17)18)3-6-16(9)13(19)15-4-2-11-14-5-7-20-11/h5,7,9-10H,2-4,6,8H2,1H3,(H,15,19)(H,17,18). The number of thiazole rings is 1. The third kappa shape index (κ3) is 3.69. The Morgan fingerprint density at radius 1 is 1.60 bits per heavy atom. The highest BCUT2D eigenvalue weighted by molar-refractivity contribution is 7.09. The zero-order chi connectivity index (χ0) is 14.5. The highest BCUT2D eigenvalue weighted by Gasteiger charge is 2.31. The molecule has 7 heteroatoms. The van der Waals surface area contributed by atoms with Gasteiger partial charge in [-0.1, -0.05) is 0 Å². The molecule has 1 aromatic heterocycles. The molecule has 1 saturated heterocycles. The predicted molar refractivity (Wildman–Crippen MR) is 75.7 cm³/mol. The molecule has 0 aromatic carbocycles. The van der Waals surface area contributed by atoms with Crippen molar-refractivity contribution in [2.45, 2.75) is 32.2 Å². The minimum atomic E-state index is -0.763. The topological polar surface area (TPSA) is 82.5 Å². The van der Waals surface area contributed by atoms with Gasteiger partial charge in [0.15, 0.2) is 0 Å². The summed E-state index contributed by atoms with van der Waals surface area (Å²) < 4.78 is 0. The molecule has 1 aliphatic heterocycles. The maximum absolute atomic E-state index is 12.1. The fraction of sp³-hybridized carbons (Fsp3) is 0.615. The molecule has 2 rings (SSSR count). The summed E-state index contributed by atoms with van der Waals surface area (Å²) in [7, 11) is 0. The van der Waals surface area contributed by atoms with Gasteiger partial charge in [0.25, 0.3) is 0 Å². The Morgan fingerprint density at radius 2 is 2.40 bits per heavy atom. The van der Waals surface area contributed by atoms with Gasteiger partial charge in [-0.25, -0.2) is 9.78 Å². The van der Waals surface area contributed by atoms with E-state index in [1.807, 2.05) is 12.3 Å². The zero-order valence-electron chi connectivity index (χ0n) is 11.4.